The average Bonchev–Trinajstić information content (AvgIpc) is 3.08. The third-order valence-electron chi connectivity index (χ3n) is 3.94. The Kier molecular flexibility index (Phi) is 6.80. The van der Waals surface area contributed by atoms with Crippen molar-refractivity contribution in [1.82, 2.24) is 15.0 Å². The van der Waals surface area contributed by atoms with Crippen LogP contribution in [0.4, 0.5) is 5.13 Å². The summed E-state index contributed by atoms with van der Waals surface area (Å²) in [7, 11) is 0. The van der Waals surface area contributed by atoms with Crippen molar-refractivity contribution in [3.05, 3.63) is 52.7 Å². The fourth-order valence-electron chi connectivity index (χ4n) is 2.79. The maximum atomic E-state index is 12.2. The molecule has 3 aromatic rings. The van der Waals surface area contributed by atoms with Crippen molar-refractivity contribution in [2.75, 3.05) is 11.1 Å². The zero-order valence-corrected chi connectivity index (χ0v) is 18.2. The number of anilines is 1. The van der Waals surface area contributed by atoms with Crippen molar-refractivity contribution in [2.45, 2.75) is 39.3 Å². The Morgan fingerprint density at radius 1 is 1.11 bits per heavy atom. The van der Waals surface area contributed by atoms with Crippen molar-refractivity contribution in [3.63, 3.8) is 0 Å². The summed E-state index contributed by atoms with van der Waals surface area (Å²) in [6.07, 6.45) is 1.07. The fourth-order valence-corrected chi connectivity index (χ4v) is 4.28. The number of thioether (sulfide) groups is 1. The smallest absolute Gasteiger partial charge is 0.236 e. The number of nitrogens with one attached hydrogen (secondary N) is 1. The molecule has 0 aliphatic heterocycles. The largest absolute Gasteiger partial charge is 0.301 e. The number of rotatable bonds is 7. The monoisotopic (exact) mass is 412 g/mol. The number of carbonyl (C=O) groups is 1. The maximum Gasteiger partial charge on any atom is 0.236 e. The maximum absolute atomic E-state index is 12.2. The van der Waals surface area contributed by atoms with Gasteiger partial charge in [0.05, 0.1) is 11.4 Å². The summed E-state index contributed by atoms with van der Waals surface area (Å²) < 4.78 is 0. The molecule has 0 unspecified atom stereocenters. The van der Waals surface area contributed by atoms with Crippen LogP contribution < -0.4 is 5.32 Å². The molecule has 0 aliphatic carbocycles. The minimum atomic E-state index is -0.110. The highest BCUT2D eigenvalue weighted by atomic mass is 32.2. The van der Waals surface area contributed by atoms with E-state index in [-0.39, 0.29) is 11.7 Å². The van der Waals surface area contributed by atoms with Gasteiger partial charge in [-0.1, -0.05) is 49.9 Å². The highest BCUT2D eigenvalue weighted by Gasteiger charge is 2.10. The van der Waals surface area contributed by atoms with Crippen LogP contribution in [0.5, 0.6) is 0 Å². The summed E-state index contributed by atoms with van der Waals surface area (Å²) >= 11 is 2.76. The molecule has 146 valence electrons. The third-order valence-corrected chi connectivity index (χ3v) is 5.54. The molecule has 0 atom stereocenters. The number of hydrogen-bond donors (Lipinski definition) is 1. The summed E-state index contributed by atoms with van der Waals surface area (Å²) in [6.45, 7) is 8.28. The van der Waals surface area contributed by atoms with E-state index < -0.39 is 0 Å². The first-order valence-electron chi connectivity index (χ1n) is 9.19. The number of aryl methyl sites for hydroxylation is 2. The van der Waals surface area contributed by atoms with E-state index in [4.69, 9.17) is 0 Å². The zero-order valence-electron chi connectivity index (χ0n) is 16.5. The average molecular weight is 413 g/mol. The van der Waals surface area contributed by atoms with Crippen LogP contribution in [0, 0.1) is 19.8 Å². The van der Waals surface area contributed by atoms with Crippen LogP contribution in [-0.4, -0.2) is 26.6 Å². The normalized spacial score (nSPS) is 11.0. The number of carbonyl (C=O) groups excluding carboxylic acids is 1. The number of thiazole rings is 1. The molecule has 1 aromatic carbocycles. The number of hydrogen-bond acceptors (Lipinski definition) is 6. The molecule has 0 saturated carbocycles. The predicted molar refractivity (Wildman–Crippen MR) is 117 cm³/mol. The lowest BCUT2D eigenvalue weighted by atomic mass is 10.0. The van der Waals surface area contributed by atoms with Gasteiger partial charge in [-0.15, -0.1) is 11.3 Å². The van der Waals surface area contributed by atoms with Crippen molar-refractivity contribution in [1.29, 1.82) is 0 Å². The molecule has 28 heavy (non-hydrogen) atoms. The second kappa shape index (κ2) is 9.30. The van der Waals surface area contributed by atoms with Gasteiger partial charge in [-0.2, -0.15) is 0 Å². The number of aromatic nitrogens is 3. The molecule has 7 heteroatoms. The summed E-state index contributed by atoms with van der Waals surface area (Å²) in [6, 6.07) is 10.4. The molecule has 0 bridgehead atoms. The highest BCUT2D eigenvalue weighted by Crippen LogP contribution is 2.26. The summed E-state index contributed by atoms with van der Waals surface area (Å²) in [5, 5.41) is 6.05. The van der Waals surface area contributed by atoms with Gasteiger partial charge in [0.25, 0.3) is 0 Å². The van der Waals surface area contributed by atoms with Crippen LogP contribution in [0.2, 0.25) is 0 Å². The first-order valence-corrected chi connectivity index (χ1v) is 11.1. The Balaban J connectivity index is 1.57. The molecule has 0 saturated heterocycles. The van der Waals surface area contributed by atoms with Crippen molar-refractivity contribution in [3.8, 4) is 11.3 Å². The second-order valence-electron chi connectivity index (χ2n) is 7.10. The Morgan fingerprint density at radius 2 is 1.79 bits per heavy atom. The van der Waals surface area contributed by atoms with Crippen LogP contribution in [0.25, 0.3) is 11.3 Å². The zero-order chi connectivity index (χ0) is 20.1. The second-order valence-corrected chi connectivity index (χ2v) is 8.90. The van der Waals surface area contributed by atoms with Crippen LogP contribution >= 0.6 is 23.1 Å². The van der Waals surface area contributed by atoms with Crippen LogP contribution in [0.3, 0.4) is 0 Å². The van der Waals surface area contributed by atoms with Gasteiger partial charge in [-0.3, -0.25) is 4.79 Å². The lowest BCUT2D eigenvalue weighted by Gasteiger charge is -2.05. The molecular formula is C21H24N4OS2. The molecule has 0 aliphatic rings. The Hall–Kier alpha value is -2.25. The van der Waals surface area contributed by atoms with Crippen LogP contribution in [0.15, 0.2) is 40.9 Å². The molecular weight excluding hydrogens is 388 g/mol. The summed E-state index contributed by atoms with van der Waals surface area (Å²) in [5.41, 5.74) is 5.07. The summed E-state index contributed by atoms with van der Waals surface area (Å²) in [5.74, 6) is 0.779. The van der Waals surface area contributed by atoms with E-state index in [1.54, 1.807) is 0 Å². The van der Waals surface area contributed by atoms with Gasteiger partial charge in [0, 0.05) is 22.3 Å². The molecule has 2 aromatic heterocycles. The minimum absolute atomic E-state index is 0.110. The molecule has 2 heterocycles. The first-order chi connectivity index (χ1) is 13.4. The molecule has 0 radical (unpaired) electrons. The highest BCUT2D eigenvalue weighted by molar-refractivity contribution is 7.99. The van der Waals surface area contributed by atoms with Gasteiger partial charge in [0.1, 0.15) is 0 Å². The molecule has 0 spiro atoms. The Labute approximate surface area is 174 Å². The molecule has 3 rings (SSSR count). The molecule has 1 amide bonds. The first kappa shape index (κ1) is 20.5. The molecule has 0 fully saturated rings. The minimum Gasteiger partial charge on any atom is -0.301 e. The topological polar surface area (TPSA) is 67.8 Å². The number of benzene rings is 1. The van der Waals surface area contributed by atoms with Crippen molar-refractivity contribution < 1.29 is 4.79 Å². The number of nitrogens with zero attached hydrogens (tertiary/aromatic N) is 3. The van der Waals surface area contributed by atoms with Gasteiger partial charge < -0.3 is 5.32 Å². The lowest BCUT2D eigenvalue weighted by Crippen LogP contribution is -2.14. The molecule has 5 nitrogen and oxygen atoms in total. The van der Waals surface area contributed by atoms with Gasteiger partial charge in [0.15, 0.2) is 10.3 Å². The van der Waals surface area contributed by atoms with Crippen LogP contribution in [0.1, 0.15) is 30.8 Å². The predicted octanol–water partition coefficient (Wildman–Crippen LogP) is 5.15. The van der Waals surface area contributed by atoms with Crippen molar-refractivity contribution >= 4 is 34.1 Å². The van der Waals surface area contributed by atoms with E-state index in [9.17, 15) is 4.79 Å². The Morgan fingerprint density at radius 3 is 2.43 bits per heavy atom. The van der Waals surface area contributed by atoms with Crippen LogP contribution in [-0.2, 0) is 11.2 Å². The van der Waals surface area contributed by atoms with Gasteiger partial charge >= 0.3 is 0 Å². The standard InChI is InChI=1S/C21H24N4OS2/c1-13(2)9-16-5-7-17(8-6-16)18-11-27-21(24-18)25-19(26)12-28-20-22-14(3)10-15(4)23-20/h5-8,10-11,13H,9,12H2,1-4H3,(H,24,25,26). The Bertz CT molecular complexity index is 931. The van der Waals surface area contributed by atoms with E-state index in [0.29, 0.717) is 16.2 Å². The lowest BCUT2D eigenvalue weighted by molar-refractivity contribution is -0.113. The van der Waals surface area contributed by atoms with E-state index in [2.05, 4.69) is 58.4 Å². The SMILES string of the molecule is Cc1cc(C)nc(SCC(=O)Nc2nc(-c3ccc(CC(C)C)cc3)cs2)n1. The fraction of sp³-hybridized carbons (Fsp3) is 0.333. The van der Waals surface area contributed by atoms with Gasteiger partial charge in [0.2, 0.25) is 5.91 Å². The number of amides is 1. The van der Waals surface area contributed by atoms with E-state index in [1.165, 1.54) is 28.7 Å². The quantitative estimate of drug-likeness (QED) is 0.429. The van der Waals surface area contributed by atoms with E-state index in [1.807, 2.05) is 25.3 Å². The van der Waals surface area contributed by atoms with Gasteiger partial charge in [-0.05, 0) is 37.8 Å². The van der Waals surface area contributed by atoms with E-state index in [0.717, 1.165) is 29.1 Å². The third kappa shape index (κ3) is 5.87. The molecule has 1 N–H and O–H groups in total. The van der Waals surface area contributed by atoms with Gasteiger partial charge in [-0.25, -0.2) is 15.0 Å². The van der Waals surface area contributed by atoms with Crippen molar-refractivity contribution in [2.24, 2.45) is 5.92 Å². The van der Waals surface area contributed by atoms with E-state index >= 15 is 0 Å². The summed E-state index contributed by atoms with van der Waals surface area (Å²) in [4.78, 5) is 25.4.